The first-order valence-corrected chi connectivity index (χ1v) is 11.6. The van der Waals surface area contributed by atoms with Gasteiger partial charge in [0.15, 0.2) is 0 Å². The van der Waals surface area contributed by atoms with E-state index in [0.29, 0.717) is 18.9 Å². The number of imidazole rings is 1. The van der Waals surface area contributed by atoms with Crippen LogP contribution in [0.1, 0.15) is 43.5 Å². The first-order valence-electron chi connectivity index (χ1n) is 11.6. The molecule has 0 radical (unpaired) electrons. The topological polar surface area (TPSA) is 58.4 Å². The molecular formula is C26H30N4O2. The van der Waals surface area contributed by atoms with Gasteiger partial charge in [0.2, 0.25) is 11.8 Å². The average Bonchev–Trinajstić information content (AvgIpc) is 3.35. The van der Waals surface area contributed by atoms with E-state index in [-0.39, 0.29) is 24.3 Å². The minimum absolute atomic E-state index is 0.0367. The van der Waals surface area contributed by atoms with Crippen LogP contribution in [0.4, 0.5) is 5.69 Å². The Bertz CT molecular complexity index is 1140. The first-order chi connectivity index (χ1) is 15.5. The first kappa shape index (κ1) is 20.7. The Labute approximate surface area is 188 Å². The molecule has 2 aliphatic heterocycles. The number of carbonyl (C=O) groups is 2. The standard InChI is InChI=1S/C26H30N4O2/c1-18-7-9-21(10-8-18)29-16-20(15-24(29)31)26-27-22-5-3-4-6-23(22)30(26)17-25(32)28-13-11-19(2)12-14-28/h3-10,19-20H,11-17H2,1-2H3/t20-/m1/s1. The summed E-state index contributed by atoms with van der Waals surface area (Å²) in [5, 5.41) is 0. The van der Waals surface area contributed by atoms with Gasteiger partial charge >= 0.3 is 0 Å². The van der Waals surface area contributed by atoms with E-state index in [9.17, 15) is 9.59 Å². The van der Waals surface area contributed by atoms with Gasteiger partial charge < -0.3 is 14.4 Å². The number of piperidine rings is 1. The quantitative estimate of drug-likeness (QED) is 0.626. The molecule has 3 aromatic rings. The van der Waals surface area contributed by atoms with Crippen LogP contribution in [0.3, 0.4) is 0 Å². The van der Waals surface area contributed by atoms with Crippen molar-refractivity contribution in [1.29, 1.82) is 0 Å². The van der Waals surface area contributed by atoms with E-state index in [1.165, 1.54) is 5.56 Å². The van der Waals surface area contributed by atoms with Gasteiger partial charge in [0, 0.05) is 37.7 Å². The van der Waals surface area contributed by atoms with Gasteiger partial charge in [-0.3, -0.25) is 9.59 Å². The summed E-state index contributed by atoms with van der Waals surface area (Å²) in [7, 11) is 0. The largest absolute Gasteiger partial charge is 0.341 e. The summed E-state index contributed by atoms with van der Waals surface area (Å²) in [6.07, 6.45) is 2.53. The van der Waals surface area contributed by atoms with Crippen LogP contribution >= 0.6 is 0 Å². The van der Waals surface area contributed by atoms with E-state index >= 15 is 0 Å². The van der Waals surface area contributed by atoms with E-state index in [4.69, 9.17) is 4.98 Å². The molecule has 0 aliphatic carbocycles. The third kappa shape index (κ3) is 3.90. The van der Waals surface area contributed by atoms with Crippen LogP contribution in [0, 0.1) is 12.8 Å². The normalized spacial score (nSPS) is 19.8. The Morgan fingerprint density at radius 3 is 2.53 bits per heavy atom. The number of nitrogens with zero attached hydrogens (tertiary/aromatic N) is 4. The monoisotopic (exact) mass is 430 g/mol. The van der Waals surface area contributed by atoms with Crippen LogP contribution in [0.25, 0.3) is 11.0 Å². The van der Waals surface area contributed by atoms with Crippen LogP contribution in [-0.4, -0.2) is 45.9 Å². The lowest BCUT2D eigenvalue weighted by molar-refractivity contribution is -0.133. The van der Waals surface area contributed by atoms with Crippen LogP contribution in [0.15, 0.2) is 48.5 Å². The number of anilines is 1. The number of likely N-dealkylation sites (tertiary alicyclic amines) is 1. The third-order valence-corrected chi connectivity index (χ3v) is 6.95. The van der Waals surface area contributed by atoms with E-state index in [1.807, 2.05) is 69.8 Å². The molecule has 2 aromatic carbocycles. The van der Waals surface area contributed by atoms with Crippen LogP contribution in [0.5, 0.6) is 0 Å². The molecule has 0 spiro atoms. The summed E-state index contributed by atoms with van der Waals surface area (Å²) < 4.78 is 2.05. The van der Waals surface area contributed by atoms with E-state index in [2.05, 4.69) is 6.92 Å². The summed E-state index contributed by atoms with van der Waals surface area (Å²) in [4.78, 5) is 34.8. The highest BCUT2D eigenvalue weighted by atomic mass is 16.2. The number of aryl methyl sites for hydroxylation is 1. The average molecular weight is 431 g/mol. The van der Waals surface area contributed by atoms with Crippen molar-refractivity contribution >= 4 is 28.5 Å². The van der Waals surface area contributed by atoms with Crippen molar-refractivity contribution in [2.45, 2.75) is 45.6 Å². The second kappa shape index (κ2) is 8.41. The molecule has 0 unspecified atom stereocenters. The number of amides is 2. The highest BCUT2D eigenvalue weighted by molar-refractivity contribution is 5.96. The summed E-state index contributed by atoms with van der Waals surface area (Å²) in [5.74, 6) is 1.73. The molecule has 5 rings (SSSR count). The lowest BCUT2D eigenvalue weighted by Crippen LogP contribution is -2.40. The molecule has 2 fully saturated rings. The second-order valence-electron chi connectivity index (χ2n) is 9.35. The van der Waals surface area contributed by atoms with E-state index in [1.54, 1.807) is 0 Å². The van der Waals surface area contributed by atoms with E-state index < -0.39 is 0 Å². The predicted octanol–water partition coefficient (Wildman–Crippen LogP) is 4.12. The molecule has 0 saturated carbocycles. The molecule has 2 amide bonds. The number of rotatable bonds is 4. The molecule has 3 heterocycles. The second-order valence-corrected chi connectivity index (χ2v) is 9.35. The summed E-state index contributed by atoms with van der Waals surface area (Å²) in [6.45, 7) is 6.80. The van der Waals surface area contributed by atoms with Crippen molar-refractivity contribution in [3.63, 3.8) is 0 Å². The molecule has 6 nitrogen and oxygen atoms in total. The smallest absolute Gasteiger partial charge is 0.242 e. The van der Waals surface area contributed by atoms with Crippen LogP contribution < -0.4 is 4.90 Å². The third-order valence-electron chi connectivity index (χ3n) is 6.95. The van der Waals surface area contributed by atoms with Gasteiger partial charge in [-0.2, -0.15) is 0 Å². The van der Waals surface area contributed by atoms with Gasteiger partial charge in [-0.15, -0.1) is 0 Å². The number of benzene rings is 2. The fraction of sp³-hybridized carbons (Fsp3) is 0.423. The lowest BCUT2D eigenvalue weighted by atomic mass is 9.99. The molecule has 32 heavy (non-hydrogen) atoms. The van der Waals surface area contributed by atoms with Gasteiger partial charge in [-0.05, 0) is 49.9 Å². The molecular weight excluding hydrogens is 400 g/mol. The number of carbonyl (C=O) groups excluding carboxylic acids is 2. The lowest BCUT2D eigenvalue weighted by Gasteiger charge is -2.30. The number of aromatic nitrogens is 2. The number of fused-ring (bicyclic) bond motifs is 1. The van der Waals surface area contributed by atoms with Crippen molar-refractivity contribution in [1.82, 2.24) is 14.5 Å². The fourth-order valence-corrected chi connectivity index (χ4v) is 4.92. The molecule has 1 atom stereocenters. The highest BCUT2D eigenvalue weighted by Crippen LogP contribution is 2.33. The fourth-order valence-electron chi connectivity index (χ4n) is 4.92. The molecule has 2 aliphatic rings. The Hall–Kier alpha value is -3.15. The highest BCUT2D eigenvalue weighted by Gasteiger charge is 2.35. The molecule has 2 saturated heterocycles. The van der Waals surface area contributed by atoms with Gasteiger partial charge in [-0.25, -0.2) is 4.98 Å². The Morgan fingerprint density at radius 2 is 1.78 bits per heavy atom. The van der Waals surface area contributed by atoms with E-state index in [0.717, 1.165) is 48.5 Å². The van der Waals surface area contributed by atoms with Crippen molar-refractivity contribution in [3.05, 3.63) is 59.9 Å². The molecule has 0 bridgehead atoms. The summed E-state index contributed by atoms with van der Waals surface area (Å²) in [6, 6.07) is 16.0. The van der Waals surface area contributed by atoms with Gasteiger partial charge in [0.25, 0.3) is 0 Å². The van der Waals surface area contributed by atoms with Crippen molar-refractivity contribution in [3.8, 4) is 0 Å². The maximum Gasteiger partial charge on any atom is 0.242 e. The maximum atomic E-state index is 13.2. The predicted molar refractivity (Wildman–Crippen MR) is 126 cm³/mol. The SMILES string of the molecule is Cc1ccc(N2C[C@H](c3nc4ccccc4n3CC(=O)N3CCC(C)CC3)CC2=O)cc1. The zero-order valence-corrected chi connectivity index (χ0v) is 18.8. The van der Waals surface area contributed by atoms with Crippen molar-refractivity contribution in [2.24, 2.45) is 5.92 Å². The van der Waals surface area contributed by atoms with Crippen LogP contribution in [-0.2, 0) is 16.1 Å². The van der Waals surface area contributed by atoms with Gasteiger partial charge in [0.05, 0.1) is 11.0 Å². The zero-order valence-electron chi connectivity index (χ0n) is 18.8. The molecule has 166 valence electrons. The number of para-hydroxylation sites is 2. The van der Waals surface area contributed by atoms with Crippen molar-refractivity contribution < 1.29 is 9.59 Å². The van der Waals surface area contributed by atoms with Gasteiger partial charge in [0.1, 0.15) is 12.4 Å². The molecule has 6 heteroatoms. The number of hydrogen-bond acceptors (Lipinski definition) is 3. The summed E-state index contributed by atoms with van der Waals surface area (Å²) >= 11 is 0. The maximum absolute atomic E-state index is 13.2. The Balaban J connectivity index is 1.43. The van der Waals surface area contributed by atoms with Gasteiger partial charge in [-0.1, -0.05) is 36.8 Å². The minimum atomic E-state index is -0.0367. The summed E-state index contributed by atoms with van der Waals surface area (Å²) in [5.41, 5.74) is 3.93. The molecule has 0 N–H and O–H groups in total. The number of hydrogen-bond donors (Lipinski definition) is 0. The van der Waals surface area contributed by atoms with Crippen molar-refractivity contribution in [2.75, 3.05) is 24.5 Å². The molecule has 1 aromatic heterocycles. The Morgan fingerprint density at radius 1 is 1.06 bits per heavy atom. The zero-order chi connectivity index (χ0) is 22.2. The minimum Gasteiger partial charge on any atom is -0.341 e. The Kier molecular flexibility index (Phi) is 5.45. The van der Waals surface area contributed by atoms with Crippen LogP contribution in [0.2, 0.25) is 0 Å².